The molecule has 0 unspecified atom stereocenters. The zero-order valence-electron chi connectivity index (χ0n) is 9.74. The smallest absolute Gasteiger partial charge is 0.214 e. The summed E-state index contributed by atoms with van der Waals surface area (Å²) in [5, 5.41) is 3.26. The Bertz CT molecular complexity index is 306. The molecule has 0 aromatic carbocycles. The molecule has 0 aromatic heterocycles. The number of sulfonamides is 1. The predicted octanol–water partition coefficient (Wildman–Crippen LogP) is 0.990. The second kappa shape index (κ2) is 5.47. The lowest BCUT2D eigenvalue weighted by atomic mass is 10.4. The van der Waals surface area contributed by atoms with E-state index in [1.54, 1.807) is 0 Å². The van der Waals surface area contributed by atoms with Crippen LogP contribution in [0.2, 0.25) is 0 Å². The fraction of sp³-hybridized carbons (Fsp3) is 1.00. The number of rotatable bonds is 7. The van der Waals surface area contributed by atoms with Crippen LogP contribution < -0.4 is 10.0 Å². The monoisotopic (exact) mass is 246 g/mol. The van der Waals surface area contributed by atoms with Gasteiger partial charge in [-0.05, 0) is 38.6 Å². The molecule has 5 heteroatoms. The lowest BCUT2D eigenvalue weighted by Gasteiger charge is -2.12. The van der Waals surface area contributed by atoms with Gasteiger partial charge in [0.15, 0.2) is 0 Å². The maximum absolute atomic E-state index is 11.8. The van der Waals surface area contributed by atoms with Crippen molar-refractivity contribution >= 4 is 10.0 Å². The van der Waals surface area contributed by atoms with Gasteiger partial charge in [0, 0.05) is 12.6 Å². The SMILES string of the molecule is O=S(=O)(NCCCNC1CC1)C1CCCC1. The first-order valence-electron chi connectivity index (χ1n) is 6.40. The van der Waals surface area contributed by atoms with Crippen molar-refractivity contribution in [3.05, 3.63) is 0 Å². The molecular weight excluding hydrogens is 224 g/mol. The minimum atomic E-state index is -3.02. The Hall–Kier alpha value is -0.130. The average Bonchev–Trinajstić information content (AvgIpc) is 2.89. The van der Waals surface area contributed by atoms with Gasteiger partial charge in [0.05, 0.1) is 5.25 Å². The molecule has 0 amide bonds. The third kappa shape index (κ3) is 3.71. The van der Waals surface area contributed by atoms with E-state index in [4.69, 9.17) is 0 Å². The molecule has 0 bridgehead atoms. The molecule has 2 aliphatic rings. The molecule has 2 saturated carbocycles. The molecule has 0 saturated heterocycles. The fourth-order valence-corrected chi connectivity index (χ4v) is 3.83. The highest BCUT2D eigenvalue weighted by Gasteiger charge is 2.28. The van der Waals surface area contributed by atoms with Crippen molar-refractivity contribution in [3.63, 3.8) is 0 Å². The van der Waals surface area contributed by atoms with Crippen LogP contribution in [-0.2, 0) is 10.0 Å². The van der Waals surface area contributed by atoms with E-state index < -0.39 is 10.0 Å². The Balaban J connectivity index is 1.59. The summed E-state index contributed by atoms with van der Waals surface area (Å²) in [6.45, 7) is 1.51. The minimum absolute atomic E-state index is 0.121. The van der Waals surface area contributed by atoms with E-state index in [9.17, 15) is 8.42 Å². The first kappa shape index (κ1) is 12.3. The lowest BCUT2D eigenvalue weighted by molar-refractivity contribution is 0.558. The van der Waals surface area contributed by atoms with Crippen molar-refractivity contribution in [2.75, 3.05) is 13.1 Å². The van der Waals surface area contributed by atoms with Crippen LogP contribution in [0.25, 0.3) is 0 Å². The summed E-state index contributed by atoms with van der Waals surface area (Å²) in [7, 11) is -3.02. The standard InChI is InChI=1S/C11H22N2O2S/c14-16(15,11-4-1-2-5-11)13-9-3-8-12-10-6-7-10/h10-13H,1-9H2. The summed E-state index contributed by atoms with van der Waals surface area (Å²) in [5.41, 5.74) is 0. The van der Waals surface area contributed by atoms with E-state index in [2.05, 4.69) is 10.0 Å². The van der Waals surface area contributed by atoms with Crippen molar-refractivity contribution < 1.29 is 8.42 Å². The fourth-order valence-electron chi connectivity index (χ4n) is 2.21. The average molecular weight is 246 g/mol. The molecule has 2 fully saturated rings. The van der Waals surface area contributed by atoms with Crippen molar-refractivity contribution in [1.82, 2.24) is 10.0 Å². The maximum Gasteiger partial charge on any atom is 0.214 e. The van der Waals surface area contributed by atoms with Gasteiger partial charge in [-0.15, -0.1) is 0 Å². The van der Waals surface area contributed by atoms with Gasteiger partial charge in [-0.3, -0.25) is 0 Å². The van der Waals surface area contributed by atoms with Crippen LogP contribution in [0.4, 0.5) is 0 Å². The molecule has 0 aromatic rings. The zero-order chi connectivity index (χ0) is 11.4. The number of nitrogens with one attached hydrogen (secondary N) is 2. The van der Waals surface area contributed by atoms with Crippen molar-refractivity contribution in [2.24, 2.45) is 0 Å². The zero-order valence-corrected chi connectivity index (χ0v) is 10.6. The van der Waals surface area contributed by atoms with E-state index in [1.807, 2.05) is 0 Å². The van der Waals surface area contributed by atoms with Crippen LogP contribution in [-0.4, -0.2) is 32.8 Å². The van der Waals surface area contributed by atoms with Gasteiger partial charge in [0.1, 0.15) is 0 Å². The van der Waals surface area contributed by atoms with Crippen LogP contribution in [0.1, 0.15) is 44.9 Å². The molecule has 2 aliphatic carbocycles. The minimum Gasteiger partial charge on any atom is -0.314 e. The Labute approximate surface area is 98.2 Å². The van der Waals surface area contributed by atoms with Crippen LogP contribution in [0.3, 0.4) is 0 Å². The maximum atomic E-state index is 11.8. The molecule has 2 N–H and O–H groups in total. The molecule has 94 valence electrons. The molecular formula is C11H22N2O2S. The second-order valence-corrected chi connectivity index (χ2v) is 6.97. The molecule has 0 heterocycles. The summed E-state index contributed by atoms with van der Waals surface area (Å²) < 4.78 is 26.3. The Morgan fingerprint density at radius 2 is 1.69 bits per heavy atom. The number of hydrogen-bond acceptors (Lipinski definition) is 3. The van der Waals surface area contributed by atoms with Crippen LogP contribution in [0.5, 0.6) is 0 Å². The van der Waals surface area contributed by atoms with Gasteiger partial charge >= 0.3 is 0 Å². The molecule has 16 heavy (non-hydrogen) atoms. The molecule has 0 aliphatic heterocycles. The Morgan fingerprint density at radius 1 is 1.00 bits per heavy atom. The highest BCUT2D eigenvalue weighted by atomic mass is 32.2. The quantitative estimate of drug-likeness (QED) is 0.659. The topological polar surface area (TPSA) is 58.2 Å². The predicted molar refractivity (Wildman–Crippen MR) is 64.8 cm³/mol. The molecule has 0 radical (unpaired) electrons. The van der Waals surface area contributed by atoms with Crippen molar-refractivity contribution in [1.29, 1.82) is 0 Å². The van der Waals surface area contributed by atoms with Gasteiger partial charge in [-0.25, -0.2) is 13.1 Å². The highest BCUT2D eigenvalue weighted by Crippen LogP contribution is 2.23. The van der Waals surface area contributed by atoms with E-state index in [0.29, 0.717) is 12.6 Å². The third-order valence-electron chi connectivity index (χ3n) is 3.41. The molecule has 2 rings (SSSR count). The number of hydrogen-bond donors (Lipinski definition) is 2. The second-order valence-electron chi connectivity index (χ2n) is 4.93. The Morgan fingerprint density at radius 3 is 2.31 bits per heavy atom. The summed E-state index contributed by atoms with van der Waals surface area (Å²) in [6, 6.07) is 0.714. The normalized spacial score (nSPS) is 22.8. The van der Waals surface area contributed by atoms with Crippen LogP contribution >= 0.6 is 0 Å². The van der Waals surface area contributed by atoms with E-state index in [0.717, 1.165) is 38.6 Å². The summed E-state index contributed by atoms with van der Waals surface area (Å²) in [5.74, 6) is 0. The van der Waals surface area contributed by atoms with Crippen molar-refractivity contribution in [3.8, 4) is 0 Å². The first-order chi connectivity index (χ1) is 7.68. The molecule has 0 spiro atoms. The van der Waals surface area contributed by atoms with Crippen molar-refractivity contribution in [2.45, 2.75) is 56.2 Å². The van der Waals surface area contributed by atoms with Crippen LogP contribution in [0.15, 0.2) is 0 Å². The van der Waals surface area contributed by atoms with Gasteiger partial charge in [0.2, 0.25) is 10.0 Å². The lowest BCUT2D eigenvalue weighted by Crippen LogP contribution is -2.34. The third-order valence-corrected chi connectivity index (χ3v) is 5.36. The molecule has 4 nitrogen and oxygen atoms in total. The first-order valence-corrected chi connectivity index (χ1v) is 7.95. The summed E-state index contributed by atoms with van der Waals surface area (Å²) in [4.78, 5) is 0. The van der Waals surface area contributed by atoms with Gasteiger partial charge in [-0.2, -0.15) is 0 Å². The van der Waals surface area contributed by atoms with Gasteiger partial charge < -0.3 is 5.32 Å². The van der Waals surface area contributed by atoms with E-state index >= 15 is 0 Å². The summed E-state index contributed by atoms with van der Waals surface area (Å²) in [6.07, 6.45) is 7.28. The highest BCUT2D eigenvalue weighted by molar-refractivity contribution is 7.90. The van der Waals surface area contributed by atoms with Crippen LogP contribution in [0, 0.1) is 0 Å². The van der Waals surface area contributed by atoms with E-state index in [1.165, 1.54) is 12.8 Å². The Kier molecular flexibility index (Phi) is 4.21. The van der Waals surface area contributed by atoms with Gasteiger partial charge in [-0.1, -0.05) is 12.8 Å². The summed E-state index contributed by atoms with van der Waals surface area (Å²) >= 11 is 0. The van der Waals surface area contributed by atoms with Gasteiger partial charge in [0.25, 0.3) is 0 Å². The largest absolute Gasteiger partial charge is 0.314 e. The van der Waals surface area contributed by atoms with E-state index in [-0.39, 0.29) is 5.25 Å². The molecule has 0 atom stereocenters.